The normalized spacial score (nSPS) is 23.7. The molecule has 2 atom stereocenters. The van der Waals surface area contributed by atoms with Gasteiger partial charge in [0.2, 0.25) is 0 Å². The van der Waals surface area contributed by atoms with Gasteiger partial charge in [0, 0.05) is 6.20 Å². The first-order valence-electron chi connectivity index (χ1n) is 6.44. The maximum Gasteiger partial charge on any atom is 0.339 e. The fourth-order valence-electron chi connectivity index (χ4n) is 2.48. The van der Waals surface area contributed by atoms with Crippen LogP contribution in [0.2, 0.25) is 0 Å². The van der Waals surface area contributed by atoms with Crippen molar-refractivity contribution in [2.24, 2.45) is 11.8 Å². The zero-order valence-electron chi connectivity index (χ0n) is 10.6. The Balaban J connectivity index is 1.82. The van der Waals surface area contributed by atoms with Crippen LogP contribution < -0.4 is 0 Å². The van der Waals surface area contributed by atoms with Crippen LogP contribution in [-0.4, -0.2) is 17.6 Å². The molecule has 98 valence electrons. The Morgan fingerprint density at radius 3 is 3.00 bits per heavy atom. The van der Waals surface area contributed by atoms with Crippen molar-refractivity contribution >= 4 is 21.9 Å². The fraction of sp³-hybridized carbons (Fsp3) is 0.571. The first-order chi connectivity index (χ1) is 8.65. The summed E-state index contributed by atoms with van der Waals surface area (Å²) in [5.41, 5.74) is 0.516. The summed E-state index contributed by atoms with van der Waals surface area (Å²) >= 11 is 3.24. The quantitative estimate of drug-likeness (QED) is 0.629. The molecule has 0 aliphatic heterocycles. The highest BCUT2D eigenvalue weighted by Crippen LogP contribution is 2.28. The van der Waals surface area contributed by atoms with Gasteiger partial charge in [-0.3, -0.25) is 0 Å². The van der Waals surface area contributed by atoms with Gasteiger partial charge < -0.3 is 4.74 Å². The topological polar surface area (TPSA) is 39.2 Å². The number of ether oxygens (including phenoxy) is 1. The maximum atomic E-state index is 11.8. The van der Waals surface area contributed by atoms with Crippen LogP contribution in [0.3, 0.4) is 0 Å². The molecule has 0 spiro atoms. The van der Waals surface area contributed by atoms with Gasteiger partial charge in [-0.2, -0.15) is 0 Å². The lowest BCUT2D eigenvalue weighted by atomic mass is 9.83. The SMILES string of the molecule is CC1CCCC(COC(=O)c2ccc(Br)nc2)C1. The van der Waals surface area contributed by atoms with Gasteiger partial charge in [0.25, 0.3) is 0 Å². The second-order valence-corrected chi connectivity index (χ2v) is 5.92. The second-order valence-electron chi connectivity index (χ2n) is 5.11. The molecule has 0 saturated heterocycles. The molecule has 0 aromatic carbocycles. The summed E-state index contributed by atoms with van der Waals surface area (Å²) < 4.78 is 6.08. The molecule has 1 aliphatic rings. The van der Waals surface area contributed by atoms with Crippen LogP contribution in [0.15, 0.2) is 22.9 Å². The van der Waals surface area contributed by atoms with E-state index in [2.05, 4.69) is 27.8 Å². The van der Waals surface area contributed by atoms with Crippen LogP contribution in [0, 0.1) is 11.8 Å². The first-order valence-corrected chi connectivity index (χ1v) is 7.23. The summed E-state index contributed by atoms with van der Waals surface area (Å²) in [4.78, 5) is 15.8. The minimum Gasteiger partial charge on any atom is -0.462 e. The number of aromatic nitrogens is 1. The van der Waals surface area contributed by atoms with Gasteiger partial charge in [0.15, 0.2) is 0 Å². The molecular formula is C14H18BrNO2. The number of hydrogen-bond donors (Lipinski definition) is 0. The predicted molar refractivity (Wildman–Crippen MR) is 73.3 cm³/mol. The Morgan fingerprint density at radius 1 is 1.50 bits per heavy atom. The summed E-state index contributed by atoms with van der Waals surface area (Å²) in [6.45, 7) is 2.81. The van der Waals surface area contributed by atoms with E-state index in [0.717, 1.165) is 10.5 Å². The fourth-order valence-corrected chi connectivity index (χ4v) is 2.72. The summed E-state index contributed by atoms with van der Waals surface area (Å²) in [5.74, 6) is 1.02. The Bertz CT molecular complexity index is 405. The molecule has 1 fully saturated rings. The zero-order valence-corrected chi connectivity index (χ0v) is 12.1. The molecule has 2 unspecified atom stereocenters. The van der Waals surface area contributed by atoms with Gasteiger partial charge in [0.05, 0.1) is 12.2 Å². The van der Waals surface area contributed by atoms with Gasteiger partial charge in [-0.05, 0) is 52.7 Å². The third-order valence-corrected chi connectivity index (χ3v) is 3.93. The van der Waals surface area contributed by atoms with Crippen molar-refractivity contribution < 1.29 is 9.53 Å². The monoisotopic (exact) mass is 311 g/mol. The molecule has 1 saturated carbocycles. The van der Waals surface area contributed by atoms with Gasteiger partial charge in [0.1, 0.15) is 4.60 Å². The van der Waals surface area contributed by atoms with Crippen molar-refractivity contribution in [2.45, 2.75) is 32.6 Å². The minimum atomic E-state index is -0.270. The second kappa shape index (κ2) is 6.32. The Hall–Kier alpha value is -0.900. The summed E-state index contributed by atoms with van der Waals surface area (Å²) in [6.07, 6.45) is 6.45. The van der Waals surface area contributed by atoms with E-state index in [9.17, 15) is 4.79 Å². The molecule has 1 heterocycles. The number of esters is 1. The van der Waals surface area contributed by atoms with E-state index >= 15 is 0 Å². The molecule has 1 aliphatic carbocycles. The van der Waals surface area contributed by atoms with Crippen LogP contribution in [0.5, 0.6) is 0 Å². The third-order valence-electron chi connectivity index (χ3n) is 3.46. The van der Waals surface area contributed by atoms with E-state index in [-0.39, 0.29) is 5.97 Å². The number of pyridine rings is 1. The molecule has 0 N–H and O–H groups in total. The van der Waals surface area contributed by atoms with Crippen molar-refractivity contribution in [3.05, 3.63) is 28.5 Å². The van der Waals surface area contributed by atoms with Crippen LogP contribution in [0.1, 0.15) is 43.0 Å². The maximum absolute atomic E-state index is 11.8. The van der Waals surface area contributed by atoms with Crippen LogP contribution >= 0.6 is 15.9 Å². The van der Waals surface area contributed by atoms with Gasteiger partial charge in [-0.25, -0.2) is 9.78 Å². The van der Waals surface area contributed by atoms with E-state index in [0.29, 0.717) is 18.1 Å². The van der Waals surface area contributed by atoms with Crippen molar-refractivity contribution in [1.29, 1.82) is 0 Å². The lowest BCUT2D eigenvalue weighted by Gasteiger charge is -2.26. The molecule has 2 rings (SSSR count). The van der Waals surface area contributed by atoms with Crippen LogP contribution in [0.25, 0.3) is 0 Å². The average Bonchev–Trinajstić information content (AvgIpc) is 2.37. The van der Waals surface area contributed by atoms with E-state index in [4.69, 9.17) is 4.74 Å². The third kappa shape index (κ3) is 3.80. The van der Waals surface area contributed by atoms with Crippen LogP contribution in [-0.2, 0) is 4.74 Å². The Labute approximate surface area is 116 Å². The molecule has 0 bridgehead atoms. The number of rotatable bonds is 3. The van der Waals surface area contributed by atoms with E-state index in [1.807, 2.05) is 0 Å². The molecule has 0 radical (unpaired) electrons. The highest BCUT2D eigenvalue weighted by atomic mass is 79.9. The van der Waals surface area contributed by atoms with E-state index in [1.165, 1.54) is 31.9 Å². The standard InChI is InChI=1S/C14H18BrNO2/c1-10-3-2-4-11(7-10)9-18-14(17)12-5-6-13(15)16-8-12/h5-6,8,10-11H,2-4,7,9H2,1H3. The largest absolute Gasteiger partial charge is 0.462 e. The molecule has 4 heteroatoms. The first kappa shape index (κ1) is 13.5. The van der Waals surface area contributed by atoms with Gasteiger partial charge in [-0.15, -0.1) is 0 Å². The molecule has 3 nitrogen and oxygen atoms in total. The summed E-state index contributed by atoms with van der Waals surface area (Å²) in [5, 5.41) is 0. The van der Waals surface area contributed by atoms with Crippen LogP contribution in [0.4, 0.5) is 0 Å². The lowest BCUT2D eigenvalue weighted by molar-refractivity contribution is 0.0390. The number of halogens is 1. The van der Waals surface area contributed by atoms with Crippen molar-refractivity contribution in [3.63, 3.8) is 0 Å². The number of hydrogen-bond acceptors (Lipinski definition) is 3. The van der Waals surface area contributed by atoms with Crippen molar-refractivity contribution in [3.8, 4) is 0 Å². The number of nitrogens with zero attached hydrogens (tertiary/aromatic N) is 1. The van der Waals surface area contributed by atoms with Gasteiger partial charge in [-0.1, -0.05) is 19.8 Å². The predicted octanol–water partition coefficient (Wildman–Crippen LogP) is 3.83. The minimum absolute atomic E-state index is 0.270. The smallest absolute Gasteiger partial charge is 0.339 e. The van der Waals surface area contributed by atoms with Crippen molar-refractivity contribution in [2.75, 3.05) is 6.61 Å². The number of carbonyl (C=O) groups is 1. The molecule has 1 aromatic heterocycles. The Morgan fingerprint density at radius 2 is 2.33 bits per heavy atom. The highest BCUT2D eigenvalue weighted by Gasteiger charge is 2.20. The molecule has 18 heavy (non-hydrogen) atoms. The summed E-state index contributed by atoms with van der Waals surface area (Å²) in [6, 6.07) is 3.47. The van der Waals surface area contributed by atoms with Crippen molar-refractivity contribution in [1.82, 2.24) is 4.98 Å². The molecule has 0 amide bonds. The lowest BCUT2D eigenvalue weighted by Crippen LogP contribution is -2.20. The van der Waals surface area contributed by atoms with E-state index in [1.54, 1.807) is 12.1 Å². The Kier molecular flexibility index (Phi) is 4.75. The summed E-state index contributed by atoms with van der Waals surface area (Å²) in [7, 11) is 0. The van der Waals surface area contributed by atoms with Gasteiger partial charge >= 0.3 is 5.97 Å². The highest BCUT2D eigenvalue weighted by molar-refractivity contribution is 9.10. The molecule has 1 aromatic rings. The number of carbonyl (C=O) groups excluding carboxylic acids is 1. The average molecular weight is 312 g/mol. The van der Waals surface area contributed by atoms with E-state index < -0.39 is 0 Å². The zero-order chi connectivity index (χ0) is 13.0. The molecular weight excluding hydrogens is 294 g/mol.